The first kappa shape index (κ1) is 20.1. The third-order valence-electron chi connectivity index (χ3n) is 5.47. The van der Waals surface area contributed by atoms with E-state index in [2.05, 4.69) is 0 Å². The van der Waals surface area contributed by atoms with Gasteiger partial charge in [-0.2, -0.15) is 0 Å². The summed E-state index contributed by atoms with van der Waals surface area (Å²) in [5, 5.41) is 0. The lowest BCUT2D eigenvalue weighted by molar-refractivity contribution is -0.149. The highest BCUT2D eigenvalue weighted by Gasteiger charge is 2.30. The molecular weight excluding hydrogens is 394 g/mol. The number of amides is 1. The van der Waals surface area contributed by atoms with E-state index in [1.54, 1.807) is 28.5 Å². The molecule has 8 heteroatoms. The molecule has 6 nitrogen and oxygen atoms in total. The Bertz CT molecular complexity index is 1080. The summed E-state index contributed by atoms with van der Waals surface area (Å²) in [4.78, 5) is 26.9. The molecule has 2 aromatic heterocycles. The number of carbonyl (C=O) groups excluding carboxylic acids is 2. The zero-order valence-corrected chi connectivity index (χ0v) is 16.6. The highest BCUT2D eigenvalue weighted by atomic mass is 19.2. The van der Waals surface area contributed by atoms with Crippen LogP contribution in [0.5, 0.6) is 0 Å². The number of esters is 1. The minimum Gasteiger partial charge on any atom is -0.466 e. The van der Waals surface area contributed by atoms with Crippen molar-refractivity contribution in [1.29, 1.82) is 0 Å². The Hall–Kier alpha value is -3.16. The van der Waals surface area contributed by atoms with E-state index in [1.807, 2.05) is 0 Å². The number of likely N-dealkylation sites (tertiary alicyclic amines) is 1. The third kappa shape index (κ3) is 3.81. The van der Waals surface area contributed by atoms with Crippen molar-refractivity contribution >= 4 is 23.0 Å². The van der Waals surface area contributed by atoms with Crippen molar-refractivity contribution in [3.63, 3.8) is 0 Å². The van der Waals surface area contributed by atoms with Gasteiger partial charge in [-0.05, 0) is 37.5 Å². The van der Waals surface area contributed by atoms with Crippen LogP contribution < -0.4 is 0 Å². The van der Waals surface area contributed by atoms with Crippen LogP contribution >= 0.6 is 0 Å². The predicted molar refractivity (Wildman–Crippen MR) is 105 cm³/mol. The van der Waals surface area contributed by atoms with Gasteiger partial charge in [0.05, 0.1) is 24.3 Å². The maximum Gasteiger partial charge on any atom is 0.309 e. The minimum absolute atomic E-state index is 0.189. The van der Waals surface area contributed by atoms with E-state index in [1.165, 1.54) is 12.3 Å². The number of ether oxygens (including phenoxy) is 1. The number of fused-ring (bicyclic) bond motifs is 1. The summed E-state index contributed by atoms with van der Waals surface area (Å²) in [6, 6.07) is 7.08. The molecule has 1 amide bonds. The monoisotopic (exact) mass is 416 g/mol. The highest BCUT2D eigenvalue weighted by molar-refractivity contribution is 5.97. The largest absolute Gasteiger partial charge is 0.466 e. The number of benzene rings is 1. The molecule has 1 saturated heterocycles. The molecule has 0 saturated carbocycles. The van der Waals surface area contributed by atoms with Crippen LogP contribution in [0.4, 0.5) is 8.78 Å². The van der Waals surface area contributed by atoms with Gasteiger partial charge in [0.2, 0.25) is 0 Å². The molecule has 0 unspecified atom stereocenters. The van der Waals surface area contributed by atoms with Crippen LogP contribution in [0.2, 0.25) is 0 Å². The molecule has 1 aromatic carbocycles. The fraction of sp³-hybridized carbons (Fsp3) is 0.364. The van der Waals surface area contributed by atoms with Crippen LogP contribution in [-0.4, -0.2) is 41.0 Å². The summed E-state index contributed by atoms with van der Waals surface area (Å²) >= 11 is 0. The molecule has 3 aromatic rings. The van der Waals surface area contributed by atoms with Gasteiger partial charge in [-0.3, -0.25) is 9.59 Å². The molecule has 0 N–H and O–H groups in total. The van der Waals surface area contributed by atoms with Crippen molar-refractivity contribution in [2.24, 2.45) is 5.92 Å². The van der Waals surface area contributed by atoms with Crippen LogP contribution in [0.15, 0.2) is 41.0 Å². The van der Waals surface area contributed by atoms with E-state index in [9.17, 15) is 18.4 Å². The molecule has 0 radical (unpaired) electrons. The van der Waals surface area contributed by atoms with Crippen molar-refractivity contribution in [1.82, 2.24) is 9.47 Å². The third-order valence-corrected chi connectivity index (χ3v) is 5.47. The molecule has 0 bridgehead atoms. The predicted octanol–water partition coefficient (Wildman–Crippen LogP) is 3.98. The van der Waals surface area contributed by atoms with E-state index >= 15 is 0 Å². The molecule has 1 aliphatic heterocycles. The van der Waals surface area contributed by atoms with Crippen LogP contribution in [0, 0.1) is 17.6 Å². The number of aromatic nitrogens is 1. The fourth-order valence-corrected chi connectivity index (χ4v) is 3.89. The van der Waals surface area contributed by atoms with Crippen molar-refractivity contribution < 1.29 is 27.5 Å². The van der Waals surface area contributed by atoms with Crippen molar-refractivity contribution in [3.05, 3.63) is 59.5 Å². The average molecular weight is 416 g/mol. The summed E-state index contributed by atoms with van der Waals surface area (Å²) in [7, 11) is 0. The number of furan rings is 1. The van der Waals surface area contributed by atoms with Crippen LogP contribution in [0.3, 0.4) is 0 Å². The Morgan fingerprint density at radius 3 is 2.60 bits per heavy atom. The summed E-state index contributed by atoms with van der Waals surface area (Å²) in [6.45, 7) is 3.20. The second kappa shape index (κ2) is 8.30. The normalized spacial score (nSPS) is 15.0. The molecule has 0 spiro atoms. The lowest BCUT2D eigenvalue weighted by Crippen LogP contribution is -2.41. The van der Waals surface area contributed by atoms with Crippen molar-refractivity contribution in [2.75, 3.05) is 19.7 Å². The number of hydrogen-bond acceptors (Lipinski definition) is 4. The van der Waals surface area contributed by atoms with Crippen LogP contribution in [0.1, 0.15) is 35.8 Å². The molecule has 1 fully saturated rings. The minimum atomic E-state index is -0.933. The van der Waals surface area contributed by atoms with Gasteiger partial charge in [0.25, 0.3) is 5.91 Å². The summed E-state index contributed by atoms with van der Waals surface area (Å²) in [5.74, 6) is -2.45. The standard InChI is InChI=1S/C22H22F2N2O4/c1-2-29-22(28)15-5-8-25(9-6-15)21(27)19-12-20-18(7-10-30-20)26(19)13-14-3-4-16(23)17(24)11-14/h3-4,7,10-12,15H,2,5-6,8-9,13H2,1H3. The summed E-state index contributed by atoms with van der Waals surface area (Å²) in [5.41, 5.74) is 2.18. The van der Waals surface area contributed by atoms with E-state index in [0.717, 1.165) is 12.1 Å². The molecule has 4 rings (SSSR count). The van der Waals surface area contributed by atoms with Crippen molar-refractivity contribution in [2.45, 2.75) is 26.3 Å². The Labute approximate surface area is 172 Å². The number of rotatable bonds is 5. The Balaban J connectivity index is 1.56. The molecule has 0 atom stereocenters. The fourth-order valence-electron chi connectivity index (χ4n) is 3.89. The van der Waals surface area contributed by atoms with Gasteiger partial charge in [-0.25, -0.2) is 8.78 Å². The van der Waals surface area contributed by atoms with Gasteiger partial charge in [0.15, 0.2) is 17.2 Å². The first-order chi connectivity index (χ1) is 14.5. The van der Waals surface area contributed by atoms with Crippen LogP contribution in [0.25, 0.3) is 11.1 Å². The molecule has 3 heterocycles. The van der Waals surface area contributed by atoms with Gasteiger partial charge in [-0.15, -0.1) is 0 Å². The number of halogens is 2. The topological polar surface area (TPSA) is 64.7 Å². The second-order valence-electron chi connectivity index (χ2n) is 7.35. The Morgan fingerprint density at radius 2 is 1.90 bits per heavy atom. The summed E-state index contributed by atoms with van der Waals surface area (Å²) in [6.07, 6.45) is 2.61. The molecular formula is C22H22F2N2O4. The lowest BCUT2D eigenvalue weighted by Gasteiger charge is -2.31. The van der Waals surface area contributed by atoms with Gasteiger partial charge in [0, 0.05) is 31.8 Å². The van der Waals surface area contributed by atoms with Crippen LogP contribution in [-0.2, 0) is 16.1 Å². The zero-order valence-electron chi connectivity index (χ0n) is 16.6. The van der Waals surface area contributed by atoms with E-state index < -0.39 is 11.6 Å². The Morgan fingerprint density at radius 1 is 1.13 bits per heavy atom. The van der Waals surface area contributed by atoms with Gasteiger partial charge in [-0.1, -0.05) is 6.07 Å². The number of nitrogens with zero attached hydrogens (tertiary/aromatic N) is 2. The van der Waals surface area contributed by atoms with Crippen molar-refractivity contribution in [3.8, 4) is 0 Å². The van der Waals surface area contributed by atoms with E-state index in [0.29, 0.717) is 54.9 Å². The van der Waals surface area contributed by atoms with Gasteiger partial charge >= 0.3 is 5.97 Å². The summed E-state index contributed by atoms with van der Waals surface area (Å²) < 4.78 is 39.2. The lowest BCUT2D eigenvalue weighted by atomic mass is 9.97. The van der Waals surface area contributed by atoms with E-state index in [4.69, 9.17) is 9.15 Å². The smallest absolute Gasteiger partial charge is 0.309 e. The highest BCUT2D eigenvalue weighted by Crippen LogP contribution is 2.26. The first-order valence-corrected chi connectivity index (χ1v) is 9.94. The molecule has 158 valence electrons. The Kier molecular flexibility index (Phi) is 5.57. The average Bonchev–Trinajstić information content (AvgIpc) is 3.33. The first-order valence-electron chi connectivity index (χ1n) is 9.94. The molecule has 30 heavy (non-hydrogen) atoms. The molecule has 0 aliphatic carbocycles. The number of hydrogen-bond donors (Lipinski definition) is 0. The number of piperidine rings is 1. The van der Waals surface area contributed by atoms with Gasteiger partial charge in [0.1, 0.15) is 5.69 Å². The second-order valence-corrected chi connectivity index (χ2v) is 7.35. The maximum atomic E-state index is 13.7. The van der Waals surface area contributed by atoms with Gasteiger partial charge < -0.3 is 18.6 Å². The SMILES string of the molecule is CCOC(=O)C1CCN(C(=O)c2cc3occc3n2Cc2ccc(F)c(F)c2)CC1. The quantitative estimate of drug-likeness (QED) is 0.591. The molecule has 1 aliphatic rings. The zero-order chi connectivity index (χ0) is 21.3. The number of carbonyl (C=O) groups is 2. The maximum absolute atomic E-state index is 13.7. The van der Waals surface area contributed by atoms with E-state index in [-0.39, 0.29) is 24.3 Å².